The van der Waals surface area contributed by atoms with Crippen LogP contribution in [0.2, 0.25) is 0 Å². The number of hydrogen-bond acceptors (Lipinski definition) is 3. The first-order valence-electron chi connectivity index (χ1n) is 6.77. The molecule has 7 heteroatoms. The van der Waals surface area contributed by atoms with Crippen molar-refractivity contribution >= 4 is 16.0 Å². The van der Waals surface area contributed by atoms with Gasteiger partial charge in [-0.1, -0.05) is 6.08 Å². The number of nitrogens with one attached hydrogen (secondary N) is 1. The smallest absolute Gasteiger partial charge is 0.267 e. The van der Waals surface area contributed by atoms with Gasteiger partial charge >= 0.3 is 0 Å². The van der Waals surface area contributed by atoms with Crippen molar-refractivity contribution < 1.29 is 22.2 Å². The van der Waals surface area contributed by atoms with E-state index >= 15 is 0 Å². The molecule has 0 aromatic rings. The Morgan fingerprint density at radius 2 is 1.95 bits per heavy atom. The number of hydrogen-bond donors (Lipinski definition) is 2. The third-order valence-corrected chi connectivity index (χ3v) is 4.46. The Bertz CT molecular complexity index is 430. The molecule has 1 atom stereocenters. The Morgan fingerprint density at radius 1 is 1.35 bits per heavy atom. The zero-order valence-corrected chi connectivity index (χ0v) is 13.6. The molecule has 2 N–H and O–H groups in total. The molecule has 0 radical (unpaired) electrons. The zero-order valence-electron chi connectivity index (χ0n) is 12.8. The first-order valence-corrected chi connectivity index (χ1v) is 8.27. The maximum absolute atomic E-state index is 11.2. The van der Waals surface area contributed by atoms with Crippen LogP contribution in [0, 0.1) is 0 Å². The van der Waals surface area contributed by atoms with E-state index in [4.69, 9.17) is 4.55 Å². The van der Waals surface area contributed by atoms with Crippen LogP contribution in [-0.4, -0.2) is 62.3 Å². The van der Waals surface area contributed by atoms with E-state index in [2.05, 4.69) is 5.32 Å². The van der Waals surface area contributed by atoms with E-state index in [1.54, 1.807) is 13.0 Å². The molecule has 0 aliphatic heterocycles. The van der Waals surface area contributed by atoms with Gasteiger partial charge in [-0.05, 0) is 19.9 Å². The normalized spacial score (nSPS) is 14.4. The predicted molar refractivity (Wildman–Crippen MR) is 79.9 cm³/mol. The minimum absolute atomic E-state index is 0.0993. The van der Waals surface area contributed by atoms with E-state index < -0.39 is 15.4 Å². The average Bonchev–Trinajstić information content (AvgIpc) is 2.31. The lowest BCUT2D eigenvalue weighted by Crippen LogP contribution is -2.43. The molecule has 1 unspecified atom stereocenters. The molecule has 0 heterocycles. The van der Waals surface area contributed by atoms with Crippen molar-refractivity contribution in [1.29, 1.82) is 0 Å². The van der Waals surface area contributed by atoms with Crippen molar-refractivity contribution in [2.45, 2.75) is 31.9 Å². The van der Waals surface area contributed by atoms with Crippen molar-refractivity contribution in [3.05, 3.63) is 12.2 Å². The highest BCUT2D eigenvalue weighted by atomic mass is 32.2. The summed E-state index contributed by atoms with van der Waals surface area (Å²) >= 11 is 0. The molecule has 0 aromatic carbocycles. The first-order chi connectivity index (χ1) is 9.08. The third kappa shape index (κ3) is 9.06. The highest BCUT2D eigenvalue weighted by molar-refractivity contribution is 7.86. The second kappa shape index (κ2) is 8.39. The molecule has 0 aliphatic carbocycles. The van der Waals surface area contributed by atoms with Gasteiger partial charge in [0.25, 0.3) is 10.1 Å². The van der Waals surface area contributed by atoms with Crippen LogP contribution in [0.25, 0.3) is 0 Å². The fourth-order valence-electron chi connectivity index (χ4n) is 1.72. The summed E-state index contributed by atoms with van der Waals surface area (Å²) < 4.78 is 31.5. The zero-order chi connectivity index (χ0) is 15.8. The molecule has 0 bridgehead atoms. The minimum Gasteiger partial charge on any atom is -0.352 e. The maximum atomic E-state index is 11.2. The number of quaternary nitrogens is 1. The quantitative estimate of drug-likeness (QED) is 0.286. The van der Waals surface area contributed by atoms with E-state index in [9.17, 15) is 13.2 Å². The second-order valence-corrected chi connectivity index (χ2v) is 7.48. The maximum Gasteiger partial charge on any atom is 0.267 e. The van der Waals surface area contributed by atoms with Crippen LogP contribution in [0.3, 0.4) is 0 Å². The summed E-state index contributed by atoms with van der Waals surface area (Å²) in [5, 5.41) is 2.03. The lowest BCUT2D eigenvalue weighted by Gasteiger charge is -2.30. The number of carbonyl (C=O) groups is 1. The summed E-state index contributed by atoms with van der Waals surface area (Å²) in [6.07, 6.45) is 4.40. The summed E-state index contributed by atoms with van der Waals surface area (Å²) in [4.78, 5) is 11.2. The van der Waals surface area contributed by atoms with Gasteiger partial charge in [-0.3, -0.25) is 9.35 Å². The van der Waals surface area contributed by atoms with E-state index in [0.717, 1.165) is 13.0 Å². The monoisotopic (exact) mass is 307 g/mol. The molecular formula is C13H27N2O4S+. The van der Waals surface area contributed by atoms with Gasteiger partial charge in [0.2, 0.25) is 5.91 Å². The van der Waals surface area contributed by atoms with Gasteiger partial charge in [-0.15, -0.1) is 0 Å². The molecule has 0 rings (SSSR count). The van der Waals surface area contributed by atoms with Crippen LogP contribution < -0.4 is 5.32 Å². The van der Waals surface area contributed by atoms with Gasteiger partial charge in [0.1, 0.15) is 0 Å². The Morgan fingerprint density at radius 3 is 2.45 bits per heavy atom. The summed E-state index contributed by atoms with van der Waals surface area (Å²) in [7, 11) is 0.0663. The molecule has 0 spiro atoms. The summed E-state index contributed by atoms with van der Waals surface area (Å²) in [6, 6.07) is 0. The van der Waals surface area contributed by atoms with E-state index in [1.165, 1.54) is 13.0 Å². The Balaban J connectivity index is 3.99. The number of carbonyl (C=O) groups excluding carboxylic acids is 1. The second-order valence-electron chi connectivity index (χ2n) is 5.64. The fourth-order valence-corrected chi connectivity index (χ4v) is 2.12. The molecular weight excluding hydrogens is 280 g/mol. The van der Waals surface area contributed by atoms with Gasteiger partial charge in [0, 0.05) is 19.4 Å². The number of rotatable bonds is 9. The van der Waals surface area contributed by atoms with Crippen LogP contribution in [0.5, 0.6) is 0 Å². The van der Waals surface area contributed by atoms with E-state index in [-0.39, 0.29) is 5.91 Å². The minimum atomic E-state index is -3.94. The third-order valence-electron chi connectivity index (χ3n) is 3.21. The van der Waals surface area contributed by atoms with Crippen LogP contribution in [-0.2, 0) is 14.9 Å². The molecule has 1 amide bonds. The topological polar surface area (TPSA) is 83.5 Å². The first kappa shape index (κ1) is 19.1. The predicted octanol–water partition coefficient (Wildman–Crippen LogP) is 0.812. The summed E-state index contributed by atoms with van der Waals surface area (Å²) in [5.41, 5.74) is 0. The molecule has 0 saturated heterocycles. The van der Waals surface area contributed by atoms with Crippen molar-refractivity contribution in [1.82, 2.24) is 5.32 Å². The van der Waals surface area contributed by atoms with Crippen molar-refractivity contribution in [3.8, 4) is 0 Å². The molecule has 0 aliphatic rings. The Hall–Kier alpha value is -0.920. The van der Waals surface area contributed by atoms with Gasteiger partial charge < -0.3 is 9.80 Å². The molecule has 20 heavy (non-hydrogen) atoms. The number of nitrogens with zero attached hydrogens (tertiary/aromatic N) is 1. The lowest BCUT2D eigenvalue weighted by atomic mass is 10.2. The van der Waals surface area contributed by atoms with Gasteiger partial charge in [0.05, 0.1) is 32.4 Å². The van der Waals surface area contributed by atoms with Crippen molar-refractivity contribution in [2.24, 2.45) is 0 Å². The Kier molecular flexibility index (Phi) is 8.00. The Labute approximate surface area is 122 Å². The average molecular weight is 307 g/mol. The van der Waals surface area contributed by atoms with Crippen molar-refractivity contribution in [3.63, 3.8) is 0 Å². The fraction of sp³-hybridized carbons (Fsp3) is 0.769. The van der Waals surface area contributed by atoms with Gasteiger partial charge in [-0.2, -0.15) is 8.42 Å². The van der Waals surface area contributed by atoms with Gasteiger partial charge in [0.15, 0.2) is 0 Å². The van der Waals surface area contributed by atoms with E-state index in [0.29, 0.717) is 24.0 Å². The van der Waals surface area contributed by atoms with Crippen LogP contribution in [0.4, 0.5) is 0 Å². The van der Waals surface area contributed by atoms with E-state index in [1.807, 2.05) is 14.1 Å². The standard InChI is InChI=1S/C13H26N2O4S/c1-5-7-13(16)14-9-6-10-15(3,4)11-8-12(2)20(17,18)19/h5,7,12H,6,8-11H2,1-4H3,(H-,14,16,17,18,19)/p+1. The molecule has 0 saturated carbocycles. The molecule has 0 aromatic heterocycles. The van der Waals surface area contributed by atoms with Gasteiger partial charge in [-0.25, -0.2) is 0 Å². The molecule has 6 nitrogen and oxygen atoms in total. The number of amides is 1. The van der Waals surface area contributed by atoms with Crippen LogP contribution in [0.1, 0.15) is 26.7 Å². The lowest BCUT2D eigenvalue weighted by molar-refractivity contribution is -0.890. The summed E-state index contributed by atoms with van der Waals surface area (Å²) in [5.74, 6) is -0.0993. The van der Waals surface area contributed by atoms with Crippen LogP contribution >= 0.6 is 0 Å². The van der Waals surface area contributed by atoms with Crippen LogP contribution in [0.15, 0.2) is 12.2 Å². The number of allylic oxidation sites excluding steroid dienone is 1. The SMILES string of the molecule is CC=CC(=O)NCCC[N+](C)(C)CCC(C)S(=O)(=O)O. The largest absolute Gasteiger partial charge is 0.352 e. The van der Waals surface area contributed by atoms with Crippen molar-refractivity contribution in [2.75, 3.05) is 33.7 Å². The molecule has 118 valence electrons. The highest BCUT2D eigenvalue weighted by Crippen LogP contribution is 2.08. The highest BCUT2D eigenvalue weighted by Gasteiger charge is 2.22. The summed E-state index contributed by atoms with van der Waals surface area (Å²) in [6.45, 7) is 5.37. The molecule has 0 fully saturated rings.